The Labute approximate surface area is 149 Å². The van der Waals surface area contributed by atoms with Gasteiger partial charge in [0.2, 0.25) is 0 Å². The minimum Gasteiger partial charge on any atom is -0.469 e. The minimum absolute atomic E-state index is 0.0281. The lowest BCUT2D eigenvalue weighted by molar-refractivity contribution is -0.163. The van der Waals surface area contributed by atoms with Crippen molar-refractivity contribution in [1.29, 1.82) is 0 Å². The molecule has 0 amide bonds. The maximum absolute atomic E-state index is 13.0. The van der Waals surface area contributed by atoms with Gasteiger partial charge in [-0.3, -0.25) is 14.4 Å². The Morgan fingerprint density at radius 3 is 2.52 bits per heavy atom. The summed E-state index contributed by atoms with van der Waals surface area (Å²) in [5.74, 6) is -0.108. The number of methoxy groups -OCH3 is 1. The number of Topliss-reactive ketones (excluding diaryl/α,β-unsaturated/α-hetero) is 1. The van der Waals surface area contributed by atoms with E-state index in [2.05, 4.69) is 6.92 Å². The van der Waals surface area contributed by atoms with Crippen molar-refractivity contribution in [1.82, 2.24) is 0 Å². The number of hydrogen-bond acceptors (Lipinski definition) is 4. The van der Waals surface area contributed by atoms with Crippen LogP contribution in [0.25, 0.3) is 0 Å². The first kappa shape index (κ1) is 18.1. The van der Waals surface area contributed by atoms with Crippen LogP contribution in [-0.4, -0.2) is 24.6 Å². The van der Waals surface area contributed by atoms with Gasteiger partial charge >= 0.3 is 5.97 Å². The summed E-state index contributed by atoms with van der Waals surface area (Å²) in [5.41, 5.74) is 0.973. The first-order valence-corrected chi connectivity index (χ1v) is 9.29. The van der Waals surface area contributed by atoms with Crippen molar-refractivity contribution in [3.63, 3.8) is 0 Å². The first-order valence-electron chi connectivity index (χ1n) is 9.29. The van der Waals surface area contributed by atoms with Crippen LogP contribution in [0.5, 0.6) is 0 Å². The number of carbonyl (C=O) groups is 3. The molecule has 25 heavy (non-hydrogen) atoms. The summed E-state index contributed by atoms with van der Waals surface area (Å²) in [5, 5.41) is 0. The fourth-order valence-electron chi connectivity index (χ4n) is 5.59. The average molecular weight is 344 g/mol. The van der Waals surface area contributed by atoms with Crippen molar-refractivity contribution in [2.24, 2.45) is 22.7 Å². The van der Waals surface area contributed by atoms with Gasteiger partial charge in [0.25, 0.3) is 0 Å². The van der Waals surface area contributed by atoms with Gasteiger partial charge in [0.1, 0.15) is 0 Å². The summed E-state index contributed by atoms with van der Waals surface area (Å²) in [7, 11) is 1.43. The lowest BCUT2D eigenvalue weighted by Gasteiger charge is -2.54. The Kier molecular flexibility index (Phi) is 4.29. The van der Waals surface area contributed by atoms with Crippen molar-refractivity contribution in [2.45, 2.75) is 59.8 Å². The summed E-state index contributed by atoms with van der Waals surface area (Å²) in [6, 6.07) is 0. The van der Waals surface area contributed by atoms with E-state index in [-0.39, 0.29) is 29.4 Å². The highest BCUT2D eigenvalue weighted by Crippen LogP contribution is 2.61. The van der Waals surface area contributed by atoms with E-state index < -0.39 is 10.8 Å². The van der Waals surface area contributed by atoms with Gasteiger partial charge in [-0.2, -0.15) is 0 Å². The molecule has 0 spiro atoms. The molecule has 0 bridgehead atoms. The number of ether oxygens (including phenoxy) is 1. The highest BCUT2D eigenvalue weighted by Gasteiger charge is 2.58. The molecule has 3 aliphatic carbocycles. The third-order valence-corrected chi connectivity index (χ3v) is 6.83. The highest BCUT2D eigenvalue weighted by atomic mass is 16.5. The van der Waals surface area contributed by atoms with Gasteiger partial charge in [-0.1, -0.05) is 27.2 Å². The standard InChI is InChI=1S/C21H28O4/c1-12(2)14-11-15(22)17-13(18(14)23)7-8-16-20(17,3)9-6-10-21(16,4)19(24)25-5/h11-12,16H,6-10H2,1-5H3/t16-,20+,21-/m1/s1. The lowest BCUT2D eigenvalue weighted by Crippen LogP contribution is -2.52. The first-order chi connectivity index (χ1) is 11.7. The Morgan fingerprint density at radius 1 is 1.24 bits per heavy atom. The fourth-order valence-corrected chi connectivity index (χ4v) is 5.59. The maximum Gasteiger partial charge on any atom is 0.311 e. The van der Waals surface area contributed by atoms with E-state index >= 15 is 0 Å². The Morgan fingerprint density at radius 2 is 1.92 bits per heavy atom. The highest BCUT2D eigenvalue weighted by molar-refractivity contribution is 6.23. The predicted octanol–water partition coefficient (Wildman–Crippen LogP) is 3.80. The van der Waals surface area contributed by atoms with Gasteiger partial charge in [-0.05, 0) is 50.5 Å². The molecule has 3 rings (SSSR count). The third kappa shape index (κ3) is 2.44. The molecule has 4 heteroatoms. The maximum atomic E-state index is 13.0. The number of carbonyl (C=O) groups excluding carboxylic acids is 3. The Hall–Kier alpha value is -1.71. The number of esters is 1. The molecular weight excluding hydrogens is 316 g/mol. The second-order valence-corrected chi connectivity index (χ2v) is 8.57. The molecule has 0 saturated heterocycles. The lowest BCUT2D eigenvalue weighted by atomic mass is 9.48. The molecule has 0 aliphatic heterocycles. The van der Waals surface area contributed by atoms with Crippen LogP contribution in [-0.2, 0) is 19.1 Å². The second kappa shape index (κ2) is 5.93. The SMILES string of the molecule is COC(=O)[C@]1(C)CCC[C@]2(C)C3=C(CC[C@@H]12)C(=O)C(C(C)C)=CC3=O. The van der Waals surface area contributed by atoms with Crippen LogP contribution in [0.2, 0.25) is 0 Å². The topological polar surface area (TPSA) is 60.4 Å². The zero-order valence-corrected chi connectivity index (χ0v) is 15.9. The van der Waals surface area contributed by atoms with E-state index in [1.165, 1.54) is 7.11 Å². The van der Waals surface area contributed by atoms with E-state index in [0.717, 1.165) is 25.7 Å². The van der Waals surface area contributed by atoms with E-state index in [1.54, 1.807) is 6.08 Å². The largest absolute Gasteiger partial charge is 0.469 e. The fraction of sp³-hybridized carbons (Fsp3) is 0.667. The van der Waals surface area contributed by atoms with E-state index in [4.69, 9.17) is 4.74 Å². The van der Waals surface area contributed by atoms with E-state index in [0.29, 0.717) is 23.1 Å². The molecule has 3 atom stereocenters. The van der Waals surface area contributed by atoms with Gasteiger partial charge in [0.05, 0.1) is 12.5 Å². The van der Waals surface area contributed by atoms with Crippen molar-refractivity contribution in [3.05, 3.63) is 22.8 Å². The van der Waals surface area contributed by atoms with Crippen molar-refractivity contribution >= 4 is 17.5 Å². The molecule has 136 valence electrons. The van der Waals surface area contributed by atoms with Crippen LogP contribution in [0.3, 0.4) is 0 Å². The van der Waals surface area contributed by atoms with Crippen molar-refractivity contribution in [3.8, 4) is 0 Å². The van der Waals surface area contributed by atoms with Crippen LogP contribution in [0, 0.1) is 22.7 Å². The van der Waals surface area contributed by atoms with Crippen LogP contribution in [0.1, 0.15) is 59.8 Å². The van der Waals surface area contributed by atoms with Crippen molar-refractivity contribution < 1.29 is 19.1 Å². The zero-order valence-electron chi connectivity index (χ0n) is 15.9. The monoisotopic (exact) mass is 344 g/mol. The predicted molar refractivity (Wildman–Crippen MR) is 94.8 cm³/mol. The van der Waals surface area contributed by atoms with Gasteiger partial charge < -0.3 is 4.74 Å². The number of hydrogen-bond donors (Lipinski definition) is 0. The number of rotatable bonds is 2. The summed E-state index contributed by atoms with van der Waals surface area (Å²) < 4.78 is 5.10. The third-order valence-electron chi connectivity index (χ3n) is 6.83. The quantitative estimate of drug-likeness (QED) is 0.565. The summed E-state index contributed by atoms with van der Waals surface area (Å²) in [4.78, 5) is 38.5. The van der Waals surface area contributed by atoms with Gasteiger partial charge in [0, 0.05) is 22.1 Å². The smallest absolute Gasteiger partial charge is 0.311 e. The number of fused-ring (bicyclic) bond motifs is 2. The molecule has 0 unspecified atom stereocenters. The molecule has 0 heterocycles. The molecule has 0 radical (unpaired) electrons. The molecule has 0 N–H and O–H groups in total. The molecule has 0 aromatic rings. The molecule has 0 aromatic carbocycles. The van der Waals surface area contributed by atoms with Crippen LogP contribution >= 0.6 is 0 Å². The van der Waals surface area contributed by atoms with Gasteiger partial charge in [-0.25, -0.2) is 0 Å². The summed E-state index contributed by atoms with van der Waals surface area (Å²) >= 11 is 0. The number of ketones is 2. The zero-order chi connectivity index (χ0) is 18.6. The molecular formula is C21H28O4. The minimum atomic E-state index is -0.592. The van der Waals surface area contributed by atoms with Crippen molar-refractivity contribution in [2.75, 3.05) is 7.11 Å². The van der Waals surface area contributed by atoms with Crippen LogP contribution in [0.15, 0.2) is 22.8 Å². The summed E-state index contributed by atoms with van der Waals surface area (Å²) in [6.45, 7) is 7.94. The number of allylic oxidation sites excluding steroid dienone is 4. The summed E-state index contributed by atoms with van der Waals surface area (Å²) in [6.07, 6.45) is 5.36. The Balaban J connectivity index is 2.10. The molecule has 1 saturated carbocycles. The Bertz CT molecular complexity index is 711. The molecule has 4 nitrogen and oxygen atoms in total. The molecule has 3 aliphatic rings. The second-order valence-electron chi connectivity index (χ2n) is 8.57. The van der Waals surface area contributed by atoms with Gasteiger partial charge in [-0.15, -0.1) is 0 Å². The van der Waals surface area contributed by atoms with E-state index in [9.17, 15) is 14.4 Å². The average Bonchev–Trinajstić information content (AvgIpc) is 2.56. The van der Waals surface area contributed by atoms with Crippen LogP contribution in [0.4, 0.5) is 0 Å². The molecule has 1 fully saturated rings. The normalized spacial score (nSPS) is 35.3. The van der Waals surface area contributed by atoms with Crippen LogP contribution < -0.4 is 0 Å². The molecule has 0 aromatic heterocycles. The van der Waals surface area contributed by atoms with E-state index in [1.807, 2.05) is 20.8 Å². The van der Waals surface area contributed by atoms with Gasteiger partial charge in [0.15, 0.2) is 11.6 Å².